The summed E-state index contributed by atoms with van der Waals surface area (Å²) < 4.78 is 0. The van der Waals surface area contributed by atoms with Gasteiger partial charge in [-0.3, -0.25) is 4.99 Å². The molecular formula is C11H16N2. The number of hydrogen-bond donors (Lipinski definition) is 1. The zero-order valence-electron chi connectivity index (χ0n) is 8.46. The van der Waals surface area contributed by atoms with Crippen LogP contribution in [0.2, 0.25) is 0 Å². The largest absolute Gasteiger partial charge is 0.388 e. The van der Waals surface area contributed by atoms with Crippen LogP contribution in [0.15, 0.2) is 41.1 Å². The van der Waals surface area contributed by atoms with Gasteiger partial charge in [-0.1, -0.05) is 12.7 Å². The van der Waals surface area contributed by atoms with Gasteiger partial charge in [0.2, 0.25) is 0 Å². The molecule has 0 aromatic rings. The van der Waals surface area contributed by atoms with Crippen molar-refractivity contribution in [2.45, 2.75) is 19.4 Å². The van der Waals surface area contributed by atoms with Crippen molar-refractivity contribution in [2.75, 3.05) is 7.05 Å². The van der Waals surface area contributed by atoms with Crippen molar-refractivity contribution >= 4 is 6.21 Å². The summed E-state index contributed by atoms with van der Waals surface area (Å²) in [6.07, 6.45) is 7.74. The van der Waals surface area contributed by atoms with Gasteiger partial charge >= 0.3 is 0 Å². The highest BCUT2D eigenvalue weighted by atomic mass is 14.9. The molecule has 0 radical (unpaired) electrons. The fourth-order valence-electron chi connectivity index (χ4n) is 1.29. The lowest BCUT2D eigenvalue weighted by atomic mass is 10.0. The summed E-state index contributed by atoms with van der Waals surface area (Å²) in [5, 5.41) is 3.11. The summed E-state index contributed by atoms with van der Waals surface area (Å²) in [6.45, 7) is 7.92. The van der Waals surface area contributed by atoms with E-state index in [1.807, 2.05) is 25.4 Å². The minimum Gasteiger partial charge on any atom is -0.388 e. The van der Waals surface area contributed by atoms with Crippen LogP contribution in [0.3, 0.4) is 0 Å². The SMILES string of the molecule is C=CC1=CC(C)(C)N=CC=C1NC. The molecule has 13 heavy (non-hydrogen) atoms. The van der Waals surface area contributed by atoms with E-state index in [1.165, 1.54) is 0 Å². The van der Waals surface area contributed by atoms with Gasteiger partial charge in [0.25, 0.3) is 0 Å². The van der Waals surface area contributed by atoms with Crippen LogP contribution in [-0.2, 0) is 0 Å². The Labute approximate surface area is 79.8 Å². The third-order valence-corrected chi connectivity index (χ3v) is 1.96. The van der Waals surface area contributed by atoms with Gasteiger partial charge in [-0.2, -0.15) is 0 Å². The van der Waals surface area contributed by atoms with Crippen molar-refractivity contribution in [1.29, 1.82) is 0 Å². The fourth-order valence-corrected chi connectivity index (χ4v) is 1.29. The number of likely N-dealkylation sites (N-methyl/N-ethyl adjacent to an activating group) is 1. The molecule has 1 heterocycles. The second-order valence-corrected chi connectivity index (χ2v) is 3.57. The van der Waals surface area contributed by atoms with Crippen LogP contribution in [0.4, 0.5) is 0 Å². The van der Waals surface area contributed by atoms with Crippen molar-refractivity contribution in [3.05, 3.63) is 36.1 Å². The van der Waals surface area contributed by atoms with Gasteiger partial charge < -0.3 is 5.32 Å². The molecule has 0 fully saturated rings. The van der Waals surface area contributed by atoms with E-state index >= 15 is 0 Å². The molecule has 0 spiro atoms. The quantitative estimate of drug-likeness (QED) is 0.684. The summed E-state index contributed by atoms with van der Waals surface area (Å²) in [4.78, 5) is 4.39. The molecule has 0 saturated heterocycles. The summed E-state index contributed by atoms with van der Waals surface area (Å²) in [5.41, 5.74) is 2.02. The third-order valence-electron chi connectivity index (χ3n) is 1.96. The lowest BCUT2D eigenvalue weighted by molar-refractivity contribution is 0.659. The molecule has 0 aromatic heterocycles. The van der Waals surface area contributed by atoms with Gasteiger partial charge in [0, 0.05) is 19.0 Å². The lowest BCUT2D eigenvalue weighted by Gasteiger charge is -2.14. The van der Waals surface area contributed by atoms with Gasteiger partial charge in [-0.25, -0.2) is 0 Å². The Morgan fingerprint density at radius 1 is 1.54 bits per heavy atom. The Morgan fingerprint density at radius 2 is 2.23 bits per heavy atom. The lowest BCUT2D eigenvalue weighted by Crippen LogP contribution is -2.14. The topological polar surface area (TPSA) is 24.4 Å². The maximum absolute atomic E-state index is 4.39. The molecule has 0 bridgehead atoms. The van der Waals surface area contributed by atoms with Gasteiger partial charge in [-0.05, 0) is 31.6 Å². The maximum Gasteiger partial charge on any atom is 0.0741 e. The first-order chi connectivity index (χ1) is 6.09. The first kappa shape index (κ1) is 9.78. The molecule has 2 nitrogen and oxygen atoms in total. The van der Waals surface area contributed by atoms with E-state index < -0.39 is 0 Å². The van der Waals surface area contributed by atoms with Crippen LogP contribution < -0.4 is 5.32 Å². The molecule has 0 aliphatic carbocycles. The Bertz CT molecular complexity index is 293. The monoisotopic (exact) mass is 176 g/mol. The van der Waals surface area contributed by atoms with E-state index in [-0.39, 0.29) is 5.54 Å². The molecule has 0 atom stereocenters. The standard InChI is InChI=1S/C11H16N2/c1-5-9-8-11(2,3)13-7-6-10(9)12-4/h5-8,12H,1H2,2-4H3. The molecule has 0 unspecified atom stereocenters. The van der Waals surface area contributed by atoms with E-state index in [0.29, 0.717) is 0 Å². The molecule has 0 saturated carbocycles. The van der Waals surface area contributed by atoms with E-state index in [0.717, 1.165) is 11.3 Å². The van der Waals surface area contributed by atoms with E-state index in [9.17, 15) is 0 Å². The Hall–Kier alpha value is -1.31. The Balaban J connectivity index is 3.10. The van der Waals surface area contributed by atoms with Crippen LogP contribution in [0, 0.1) is 0 Å². The first-order valence-electron chi connectivity index (χ1n) is 4.38. The van der Waals surface area contributed by atoms with Gasteiger partial charge in [0.05, 0.1) is 5.54 Å². The zero-order chi connectivity index (χ0) is 9.90. The number of nitrogens with one attached hydrogen (secondary N) is 1. The number of nitrogens with zero attached hydrogens (tertiary/aromatic N) is 1. The molecule has 1 aliphatic heterocycles. The molecule has 1 aliphatic rings. The number of rotatable bonds is 2. The second kappa shape index (κ2) is 3.60. The minimum absolute atomic E-state index is 0.140. The van der Waals surface area contributed by atoms with Crippen LogP contribution in [0.25, 0.3) is 0 Å². The Morgan fingerprint density at radius 3 is 2.77 bits per heavy atom. The van der Waals surface area contributed by atoms with Crippen LogP contribution in [-0.4, -0.2) is 18.8 Å². The number of hydrogen-bond acceptors (Lipinski definition) is 2. The smallest absolute Gasteiger partial charge is 0.0741 e. The minimum atomic E-state index is -0.140. The van der Waals surface area contributed by atoms with E-state index in [1.54, 1.807) is 0 Å². The summed E-state index contributed by atoms with van der Waals surface area (Å²) in [5.74, 6) is 0. The van der Waals surface area contributed by atoms with Crippen molar-refractivity contribution in [1.82, 2.24) is 5.32 Å². The molecule has 0 amide bonds. The summed E-state index contributed by atoms with van der Waals surface area (Å²) in [7, 11) is 1.90. The normalized spacial score (nSPS) is 19.9. The molecule has 1 N–H and O–H groups in total. The zero-order valence-corrected chi connectivity index (χ0v) is 8.46. The average molecular weight is 176 g/mol. The maximum atomic E-state index is 4.39. The fraction of sp³-hybridized carbons (Fsp3) is 0.364. The highest BCUT2D eigenvalue weighted by Gasteiger charge is 2.15. The van der Waals surface area contributed by atoms with Gasteiger partial charge in [0.1, 0.15) is 0 Å². The predicted octanol–water partition coefficient (Wildman–Crippen LogP) is 2.07. The second-order valence-electron chi connectivity index (χ2n) is 3.57. The van der Waals surface area contributed by atoms with Crippen LogP contribution in [0.5, 0.6) is 0 Å². The van der Waals surface area contributed by atoms with Crippen molar-refractivity contribution in [2.24, 2.45) is 4.99 Å². The van der Waals surface area contributed by atoms with E-state index in [2.05, 4.69) is 36.8 Å². The number of aliphatic imine (C=N–C) groups is 1. The molecule has 2 heteroatoms. The molecule has 0 aromatic carbocycles. The van der Waals surface area contributed by atoms with Gasteiger partial charge in [0.15, 0.2) is 0 Å². The van der Waals surface area contributed by atoms with Crippen molar-refractivity contribution < 1.29 is 0 Å². The van der Waals surface area contributed by atoms with Crippen molar-refractivity contribution in [3.8, 4) is 0 Å². The summed E-state index contributed by atoms with van der Waals surface area (Å²) >= 11 is 0. The van der Waals surface area contributed by atoms with E-state index in [4.69, 9.17) is 0 Å². The van der Waals surface area contributed by atoms with Crippen LogP contribution in [0.1, 0.15) is 13.8 Å². The highest BCUT2D eigenvalue weighted by molar-refractivity contribution is 5.75. The predicted molar refractivity (Wildman–Crippen MR) is 58.0 cm³/mol. The molecule has 70 valence electrons. The average Bonchev–Trinajstić information content (AvgIpc) is 2.22. The molecule has 1 rings (SSSR count). The van der Waals surface area contributed by atoms with Crippen LogP contribution >= 0.6 is 0 Å². The molecular weight excluding hydrogens is 160 g/mol. The highest BCUT2D eigenvalue weighted by Crippen LogP contribution is 2.19. The van der Waals surface area contributed by atoms with Gasteiger partial charge in [-0.15, -0.1) is 0 Å². The number of allylic oxidation sites excluding steroid dienone is 2. The first-order valence-corrected chi connectivity index (χ1v) is 4.38. The van der Waals surface area contributed by atoms with Crippen molar-refractivity contribution in [3.63, 3.8) is 0 Å². The Kier molecular flexibility index (Phi) is 2.71. The third kappa shape index (κ3) is 2.31. The summed E-state index contributed by atoms with van der Waals surface area (Å²) in [6, 6.07) is 0.